The van der Waals surface area contributed by atoms with Crippen molar-refractivity contribution < 1.29 is 22.7 Å². The fourth-order valence-corrected chi connectivity index (χ4v) is 3.46. The van der Waals surface area contributed by atoms with Gasteiger partial charge in [-0.15, -0.1) is 0 Å². The minimum absolute atomic E-state index is 0.495. The molecule has 0 atom stereocenters. The number of benzene rings is 1. The van der Waals surface area contributed by atoms with E-state index in [-0.39, 0.29) is 0 Å². The smallest absolute Gasteiger partial charge is 0.416 e. The maximum Gasteiger partial charge on any atom is 0.416 e. The van der Waals surface area contributed by atoms with Gasteiger partial charge in [0.25, 0.3) is 0 Å². The van der Waals surface area contributed by atoms with Gasteiger partial charge in [0.2, 0.25) is 0 Å². The van der Waals surface area contributed by atoms with Crippen molar-refractivity contribution in [2.45, 2.75) is 58.7 Å². The Hall–Kier alpha value is -2.09. The predicted octanol–water partition coefficient (Wildman–Crippen LogP) is 6.14. The summed E-state index contributed by atoms with van der Waals surface area (Å²) in [6, 6.07) is 5.22. The Morgan fingerprint density at radius 1 is 1.11 bits per heavy atom. The number of hydrogen-bond donors (Lipinski definition) is 1. The maximum absolute atomic E-state index is 13.0. The van der Waals surface area contributed by atoms with E-state index in [0.717, 1.165) is 12.1 Å². The largest absolute Gasteiger partial charge is 0.444 e. The van der Waals surface area contributed by atoms with Crippen molar-refractivity contribution >= 4 is 22.4 Å². The van der Waals surface area contributed by atoms with E-state index in [2.05, 4.69) is 10.3 Å². The van der Waals surface area contributed by atoms with Gasteiger partial charge in [-0.1, -0.05) is 29.5 Å². The number of carbonyl (C=O) groups is 1. The number of ether oxygens (including phenoxy) is 1. The van der Waals surface area contributed by atoms with Crippen LogP contribution in [0.25, 0.3) is 0 Å². The molecule has 0 aliphatic carbocycles. The molecule has 0 radical (unpaired) electrons. The van der Waals surface area contributed by atoms with Crippen molar-refractivity contribution in [3.8, 4) is 0 Å². The van der Waals surface area contributed by atoms with Crippen molar-refractivity contribution in [2.75, 3.05) is 5.32 Å². The van der Waals surface area contributed by atoms with Crippen LogP contribution < -0.4 is 5.32 Å². The number of aryl methyl sites for hydroxylation is 1. The van der Waals surface area contributed by atoms with Crippen LogP contribution in [0.4, 0.5) is 23.0 Å². The highest BCUT2D eigenvalue weighted by atomic mass is 32.1. The van der Waals surface area contributed by atoms with Gasteiger partial charge in [-0.3, -0.25) is 5.32 Å². The number of carbonyl (C=O) groups excluding carboxylic acids is 1. The zero-order chi connectivity index (χ0) is 20.6. The quantitative estimate of drug-likeness (QED) is 0.673. The van der Waals surface area contributed by atoms with Crippen molar-refractivity contribution in [3.63, 3.8) is 0 Å². The average Bonchev–Trinajstić information content (AvgIpc) is 2.86. The molecule has 0 fully saturated rings. The normalized spacial score (nSPS) is 12.8. The van der Waals surface area contributed by atoms with E-state index in [1.165, 1.54) is 17.4 Å². The maximum atomic E-state index is 13.0. The number of thiazole rings is 1. The van der Waals surface area contributed by atoms with Crippen LogP contribution in [-0.4, -0.2) is 16.7 Å². The van der Waals surface area contributed by atoms with Gasteiger partial charge < -0.3 is 4.74 Å². The van der Waals surface area contributed by atoms with E-state index in [9.17, 15) is 18.0 Å². The molecule has 148 valence electrons. The first-order chi connectivity index (χ1) is 12.2. The summed E-state index contributed by atoms with van der Waals surface area (Å²) in [5, 5.41) is 3.78. The van der Waals surface area contributed by atoms with Gasteiger partial charge in [0.15, 0.2) is 0 Å². The summed E-state index contributed by atoms with van der Waals surface area (Å²) in [6.07, 6.45) is -5.01. The average molecular weight is 400 g/mol. The lowest BCUT2D eigenvalue weighted by Gasteiger charge is -2.23. The first kappa shape index (κ1) is 21.2. The molecule has 0 unspecified atom stereocenters. The lowest BCUT2D eigenvalue weighted by Crippen LogP contribution is -2.27. The molecule has 0 bridgehead atoms. The molecule has 8 heteroatoms. The van der Waals surface area contributed by atoms with Crippen LogP contribution in [-0.2, 0) is 16.3 Å². The van der Waals surface area contributed by atoms with Crippen LogP contribution >= 0.6 is 11.3 Å². The monoisotopic (exact) mass is 400 g/mol. The SMILES string of the molecule is Cc1nc(C(C)(C)c2cccc(C(F)(F)F)c2)sc1NC(=O)OC(C)(C)C. The summed E-state index contributed by atoms with van der Waals surface area (Å²) >= 11 is 1.22. The van der Waals surface area contributed by atoms with Gasteiger partial charge in [-0.2, -0.15) is 13.2 Å². The molecule has 0 spiro atoms. The number of nitrogens with one attached hydrogen (secondary N) is 1. The molecule has 0 aliphatic rings. The second-order valence-corrected chi connectivity index (χ2v) is 8.76. The third kappa shape index (κ3) is 5.22. The Morgan fingerprint density at radius 2 is 1.70 bits per heavy atom. The number of nitrogens with zero attached hydrogens (tertiary/aromatic N) is 1. The van der Waals surface area contributed by atoms with Gasteiger partial charge in [0, 0.05) is 5.41 Å². The minimum Gasteiger partial charge on any atom is -0.444 e. The highest BCUT2D eigenvalue weighted by Crippen LogP contribution is 2.39. The van der Waals surface area contributed by atoms with Gasteiger partial charge in [0.1, 0.15) is 15.6 Å². The number of alkyl halides is 3. The number of hydrogen-bond acceptors (Lipinski definition) is 4. The number of rotatable bonds is 3. The topological polar surface area (TPSA) is 51.2 Å². The van der Waals surface area contributed by atoms with Crippen LogP contribution in [0.3, 0.4) is 0 Å². The number of aromatic nitrogens is 1. The van der Waals surface area contributed by atoms with Crippen LogP contribution in [0.1, 0.15) is 56.4 Å². The van der Waals surface area contributed by atoms with Crippen LogP contribution in [0.5, 0.6) is 0 Å². The third-order valence-corrected chi connectivity index (χ3v) is 5.25. The van der Waals surface area contributed by atoms with E-state index in [0.29, 0.717) is 21.3 Å². The van der Waals surface area contributed by atoms with Gasteiger partial charge in [-0.05, 0) is 53.2 Å². The molecule has 1 heterocycles. The van der Waals surface area contributed by atoms with Crippen molar-refractivity contribution in [3.05, 3.63) is 46.1 Å². The number of amides is 1. The Bertz CT molecular complexity index is 836. The van der Waals surface area contributed by atoms with E-state index < -0.39 is 28.8 Å². The summed E-state index contributed by atoms with van der Waals surface area (Å²) in [6.45, 7) is 10.6. The number of anilines is 1. The Balaban J connectivity index is 2.31. The molecule has 1 amide bonds. The zero-order valence-corrected chi connectivity index (χ0v) is 16.9. The van der Waals surface area contributed by atoms with Crippen LogP contribution in [0.2, 0.25) is 0 Å². The summed E-state index contributed by atoms with van der Waals surface area (Å²) in [4.78, 5) is 16.5. The zero-order valence-electron chi connectivity index (χ0n) is 16.1. The summed E-state index contributed by atoms with van der Waals surface area (Å²) in [5.41, 5.74) is -1.02. The van der Waals surface area contributed by atoms with Gasteiger partial charge in [0.05, 0.1) is 11.3 Å². The second kappa shape index (κ2) is 7.14. The van der Waals surface area contributed by atoms with E-state index >= 15 is 0 Å². The van der Waals surface area contributed by atoms with Gasteiger partial charge >= 0.3 is 12.3 Å². The predicted molar refractivity (Wildman–Crippen MR) is 100 cm³/mol. The highest BCUT2D eigenvalue weighted by Gasteiger charge is 2.34. The molecule has 4 nitrogen and oxygen atoms in total. The standard InChI is InChI=1S/C19H23F3N2O2S/c1-11-14(24-16(25)26-17(2,3)4)27-15(23-11)18(5,6)12-8-7-9-13(10-12)19(20,21)22/h7-10H,1-6H3,(H,24,25). The first-order valence-electron chi connectivity index (χ1n) is 8.36. The Kier molecular flexibility index (Phi) is 5.61. The molecule has 1 N–H and O–H groups in total. The fraction of sp³-hybridized carbons (Fsp3) is 0.474. The highest BCUT2D eigenvalue weighted by molar-refractivity contribution is 7.16. The molecule has 2 rings (SSSR count). The number of halogens is 3. The van der Waals surface area contributed by atoms with Crippen molar-refractivity contribution in [1.82, 2.24) is 4.98 Å². The van der Waals surface area contributed by atoms with Gasteiger partial charge in [-0.25, -0.2) is 9.78 Å². The molecular weight excluding hydrogens is 377 g/mol. The Labute approximate surface area is 160 Å². The summed E-state index contributed by atoms with van der Waals surface area (Å²) in [7, 11) is 0. The Morgan fingerprint density at radius 3 is 2.26 bits per heavy atom. The van der Waals surface area contributed by atoms with E-state index in [1.54, 1.807) is 47.6 Å². The van der Waals surface area contributed by atoms with Crippen molar-refractivity contribution in [1.29, 1.82) is 0 Å². The minimum atomic E-state index is -4.41. The first-order valence-corrected chi connectivity index (χ1v) is 9.17. The fourth-order valence-electron chi connectivity index (χ4n) is 2.38. The summed E-state index contributed by atoms with van der Waals surface area (Å²) < 4.78 is 44.3. The van der Waals surface area contributed by atoms with E-state index in [1.807, 2.05) is 0 Å². The summed E-state index contributed by atoms with van der Waals surface area (Å²) in [5.74, 6) is 0. The van der Waals surface area contributed by atoms with Crippen LogP contribution in [0.15, 0.2) is 24.3 Å². The molecule has 0 saturated carbocycles. The van der Waals surface area contributed by atoms with E-state index in [4.69, 9.17) is 4.74 Å². The molecule has 0 saturated heterocycles. The molecular formula is C19H23F3N2O2S. The molecule has 27 heavy (non-hydrogen) atoms. The van der Waals surface area contributed by atoms with Crippen LogP contribution in [0, 0.1) is 6.92 Å². The molecule has 0 aliphatic heterocycles. The lowest BCUT2D eigenvalue weighted by atomic mass is 9.84. The third-order valence-electron chi connectivity index (χ3n) is 3.86. The molecule has 1 aromatic carbocycles. The lowest BCUT2D eigenvalue weighted by molar-refractivity contribution is -0.137. The second-order valence-electron chi connectivity index (χ2n) is 7.76. The van der Waals surface area contributed by atoms with Crippen molar-refractivity contribution in [2.24, 2.45) is 0 Å². The molecule has 2 aromatic rings. The molecule has 1 aromatic heterocycles.